The molecule has 14 heteroatoms. The van der Waals surface area contributed by atoms with E-state index in [9.17, 15) is 40.7 Å². The van der Waals surface area contributed by atoms with Gasteiger partial charge in [-0.15, -0.1) is 0 Å². The van der Waals surface area contributed by atoms with Gasteiger partial charge in [0.1, 0.15) is 6.10 Å². The highest BCUT2D eigenvalue weighted by atomic mass is 19.4. The van der Waals surface area contributed by atoms with E-state index in [0.717, 1.165) is 17.0 Å². The molecule has 7 nitrogen and oxygen atoms in total. The molecule has 2 amide bonds. The second-order valence-corrected chi connectivity index (χ2v) is 10.4. The van der Waals surface area contributed by atoms with Crippen LogP contribution in [-0.2, 0) is 39.6 Å². The van der Waals surface area contributed by atoms with Crippen LogP contribution in [0.15, 0.2) is 66.7 Å². The summed E-state index contributed by atoms with van der Waals surface area (Å²) in [6.07, 6.45) is -10.4. The fourth-order valence-electron chi connectivity index (χ4n) is 5.00. The summed E-state index contributed by atoms with van der Waals surface area (Å²) in [7, 11) is 0. The van der Waals surface area contributed by atoms with Gasteiger partial charge in [0.05, 0.1) is 28.4 Å². The van der Waals surface area contributed by atoms with E-state index in [4.69, 9.17) is 4.74 Å². The van der Waals surface area contributed by atoms with Crippen LogP contribution in [0.25, 0.3) is 0 Å². The normalized spacial score (nSPS) is 15.1. The van der Waals surface area contributed by atoms with Crippen molar-refractivity contribution in [1.29, 1.82) is 0 Å². The first-order valence-electron chi connectivity index (χ1n) is 13.8. The van der Waals surface area contributed by atoms with Crippen LogP contribution in [-0.4, -0.2) is 43.5 Å². The first-order valence-corrected chi connectivity index (χ1v) is 13.8. The van der Waals surface area contributed by atoms with Gasteiger partial charge in [-0.3, -0.25) is 14.4 Å². The zero-order valence-electron chi connectivity index (χ0n) is 23.6. The Labute approximate surface area is 253 Å². The van der Waals surface area contributed by atoms with Gasteiger partial charge in [0, 0.05) is 26.1 Å². The molecule has 2 atom stereocenters. The molecule has 1 fully saturated rings. The predicted molar refractivity (Wildman–Crippen MR) is 148 cm³/mol. The molecule has 1 aliphatic heterocycles. The average molecular weight is 640 g/mol. The zero-order valence-corrected chi connectivity index (χ0v) is 23.6. The van der Waals surface area contributed by atoms with Crippen LogP contribution in [0.4, 0.5) is 36.4 Å². The first kappa shape index (κ1) is 33.4. The van der Waals surface area contributed by atoms with Gasteiger partial charge in [0.2, 0.25) is 5.91 Å². The van der Waals surface area contributed by atoms with Gasteiger partial charge in [-0.2, -0.15) is 26.3 Å². The third-order valence-corrected chi connectivity index (χ3v) is 7.21. The van der Waals surface area contributed by atoms with E-state index >= 15 is 4.39 Å². The molecule has 2 unspecified atom stereocenters. The van der Waals surface area contributed by atoms with E-state index in [0.29, 0.717) is 24.1 Å². The maximum absolute atomic E-state index is 15.6. The Morgan fingerprint density at radius 3 is 2.24 bits per heavy atom. The lowest BCUT2D eigenvalue weighted by atomic mass is 9.99. The largest absolute Gasteiger partial charge is 0.461 e. The molecule has 0 aromatic heterocycles. The van der Waals surface area contributed by atoms with Crippen LogP contribution in [0.1, 0.15) is 45.5 Å². The molecule has 3 aromatic rings. The van der Waals surface area contributed by atoms with Gasteiger partial charge in [-0.25, -0.2) is 4.39 Å². The van der Waals surface area contributed by atoms with Crippen molar-refractivity contribution < 1.29 is 49.9 Å². The second kappa shape index (κ2) is 14.1. The van der Waals surface area contributed by atoms with Crippen molar-refractivity contribution in [3.05, 3.63) is 100 Å². The van der Waals surface area contributed by atoms with Crippen molar-refractivity contribution in [2.24, 2.45) is 0 Å². The SMILES string of the molecule is O=COC(CNCc1cccc(C(F)(F)F)c1)C(Cc1ccccc1)NC(=O)c1cc(C(F)(F)F)cc(N2CCCC2=O)c1F. The number of carbonyl (C=O) groups is 3. The molecule has 3 aromatic carbocycles. The summed E-state index contributed by atoms with van der Waals surface area (Å²) in [4.78, 5) is 38.0. The molecule has 0 aliphatic carbocycles. The zero-order chi connectivity index (χ0) is 32.8. The summed E-state index contributed by atoms with van der Waals surface area (Å²) < 4.78 is 102. The van der Waals surface area contributed by atoms with Gasteiger partial charge in [0.15, 0.2) is 5.82 Å². The van der Waals surface area contributed by atoms with Gasteiger partial charge in [-0.05, 0) is 42.2 Å². The number of hydrogen-bond donors (Lipinski definition) is 2. The number of nitrogens with zero attached hydrogens (tertiary/aromatic N) is 1. The fraction of sp³-hybridized carbons (Fsp3) is 0.323. The van der Waals surface area contributed by atoms with E-state index in [-0.39, 0.29) is 44.5 Å². The number of nitrogens with one attached hydrogen (secondary N) is 2. The summed E-state index contributed by atoms with van der Waals surface area (Å²) >= 11 is 0. The van der Waals surface area contributed by atoms with E-state index < -0.39 is 64.5 Å². The molecule has 240 valence electrons. The Hall–Kier alpha value is -4.46. The molecular formula is C31H28F7N3O4. The maximum atomic E-state index is 15.6. The number of benzene rings is 3. The summed E-state index contributed by atoms with van der Waals surface area (Å²) in [6.45, 7) is -0.236. The van der Waals surface area contributed by atoms with Gasteiger partial charge in [-0.1, -0.05) is 48.5 Å². The third kappa shape index (κ3) is 8.59. The highest BCUT2D eigenvalue weighted by Gasteiger charge is 2.37. The number of hydrogen-bond acceptors (Lipinski definition) is 5. The number of carbonyl (C=O) groups excluding carboxylic acids is 3. The molecular weight excluding hydrogens is 611 g/mol. The third-order valence-electron chi connectivity index (χ3n) is 7.21. The Morgan fingerprint density at radius 1 is 0.933 bits per heavy atom. The standard InChI is InChI=1S/C31H28F7N3O4/c32-28-23(14-22(31(36,37)38)15-25(28)41-11-5-10-27(41)43)29(44)40-24(13-19-6-2-1-3-7-19)26(45-18-42)17-39-16-20-8-4-9-21(12-20)30(33,34)35/h1-4,6-9,12,14-15,18,24,26,39H,5,10-11,13,16-17H2,(H,40,44). The van der Waals surface area contributed by atoms with E-state index in [1.165, 1.54) is 12.1 Å². The highest BCUT2D eigenvalue weighted by Crippen LogP contribution is 2.36. The minimum atomic E-state index is -4.97. The van der Waals surface area contributed by atoms with Crippen molar-refractivity contribution in [3.8, 4) is 0 Å². The maximum Gasteiger partial charge on any atom is 0.416 e. The van der Waals surface area contributed by atoms with E-state index in [2.05, 4.69) is 10.6 Å². The number of amides is 2. The second-order valence-electron chi connectivity index (χ2n) is 10.4. The number of ether oxygens (including phenoxy) is 1. The van der Waals surface area contributed by atoms with Crippen molar-refractivity contribution in [3.63, 3.8) is 0 Å². The van der Waals surface area contributed by atoms with Crippen molar-refractivity contribution in [1.82, 2.24) is 10.6 Å². The van der Waals surface area contributed by atoms with Crippen molar-refractivity contribution in [2.75, 3.05) is 18.0 Å². The molecule has 0 radical (unpaired) electrons. The average Bonchev–Trinajstić information content (AvgIpc) is 3.41. The lowest BCUT2D eigenvalue weighted by Gasteiger charge is -2.28. The van der Waals surface area contributed by atoms with Crippen LogP contribution in [0.5, 0.6) is 0 Å². The Balaban J connectivity index is 1.62. The number of rotatable bonds is 12. The molecule has 45 heavy (non-hydrogen) atoms. The van der Waals surface area contributed by atoms with Crippen LogP contribution >= 0.6 is 0 Å². The number of halogens is 7. The van der Waals surface area contributed by atoms with E-state index in [1.54, 1.807) is 30.3 Å². The molecule has 0 spiro atoms. The monoisotopic (exact) mass is 639 g/mol. The van der Waals surface area contributed by atoms with Crippen LogP contribution in [0.2, 0.25) is 0 Å². The molecule has 0 saturated carbocycles. The Bertz CT molecular complexity index is 1510. The number of anilines is 1. The van der Waals surface area contributed by atoms with E-state index in [1.807, 2.05) is 0 Å². The van der Waals surface area contributed by atoms with Crippen molar-refractivity contribution >= 4 is 24.0 Å². The van der Waals surface area contributed by atoms with Crippen LogP contribution in [0.3, 0.4) is 0 Å². The minimum absolute atomic E-state index is 0.00851. The predicted octanol–water partition coefficient (Wildman–Crippen LogP) is 5.66. The van der Waals surface area contributed by atoms with Crippen molar-refractivity contribution in [2.45, 2.75) is 50.3 Å². The first-order chi connectivity index (χ1) is 21.3. The fourth-order valence-corrected chi connectivity index (χ4v) is 5.00. The molecule has 1 aliphatic rings. The summed E-state index contributed by atoms with van der Waals surface area (Å²) in [5.74, 6) is -3.18. The van der Waals surface area contributed by atoms with Gasteiger partial charge >= 0.3 is 12.4 Å². The Morgan fingerprint density at radius 2 is 1.62 bits per heavy atom. The molecule has 1 saturated heterocycles. The quantitative estimate of drug-likeness (QED) is 0.197. The molecule has 0 bridgehead atoms. The molecule has 2 N–H and O–H groups in total. The smallest absolute Gasteiger partial charge is 0.416 e. The minimum Gasteiger partial charge on any atom is -0.461 e. The van der Waals surface area contributed by atoms with Gasteiger partial charge in [0.25, 0.3) is 12.4 Å². The lowest BCUT2D eigenvalue weighted by molar-refractivity contribution is -0.138. The topological polar surface area (TPSA) is 87.7 Å². The summed E-state index contributed by atoms with van der Waals surface area (Å²) in [5, 5.41) is 5.34. The summed E-state index contributed by atoms with van der Waals surface area (Å²) in [6, 6.07) is 12.6. The van der Waals surface area contributed by atoms with Gasteiger partial charge < -0.3 is 20.3 Å². The van der Waals surface area contributed by atoms with Crippen LogP contribution in [0, 0.1) is 5.82 Å². The summed E-state index contributed by atoms with van der Waals surface area (Å²) in [5.41, 5.74) is -2.98. The molecule has 1 heterocycles. The molecule has 4 rings (SSSR count). The number of alkyl halides is 6. The lowest BCUT2D eigenvalue weighted by Crippen LogP contribution is -2.50. The Kier molecular flexibility index (Phi) is 10.5. The van der Waals surface area contributed by atoms with Crippen LogP contribution < -0.4 is 15.5 Å². The highest BCUT2D eigenvalue weighted by molar-refractivity contribution is 6.00.